The van der Waals surface area contributed by atoms with Crippen molar-refractivity contribution in [1.82, 2.24) is 0 Å². The van der Waals surface area contributed by atoms with E-state index < -0.39 is 0 Å². The van der Waals surface area contributed by atoms with Crippen LogP contribution in [0.3, 0.4) is 0 Å². The van der Waals surface area contributed by atoms with Crippen LogP contribution in [0.25, 0.3) is 0 Å². The van der Waals surface area contributed by atoms with E-state index in [-0.39, 0.29) is 11.4 Å². The van der Waals surface area contributed by atoms with Crippen molar-refractivity contribution in [2.75, 3.05) is 6.61 Å². The first-order valence-electron chi connectivity index (χ1n) is 3.55. The Morgan fingerprint density at radius 3 is 2.91 bits per heavy atom. The van der Waals surface area contributed by atoms with E-state index in [2.05, 4.69) is 12.6 Å². The van der Waals surface area contributed by atoms with E-state index in [0.717, 1.165) is 5.57 Å². The predicted octanol–water partition coefficient (Wildman–Crippen LogP) is 1.72. The number of hydrogen-bond donors (Lipinski definition) is 2. The number of allylic oxidation sites excluding steroid dienone is 2. The van der Waals surface area contributed by atoms with Gasteiger partial charge in [0.2, 0.25) is 0 Å². The Labute approximate surface area is 72.5 Å². The molecule has 2 heteroatoms. The van der Waals surface area contributed by atoms with Gasteiger partial charge in [0, 0.05) is 4.75 Å². The monoisotopic (exact) mass is 168 g/mol. The van der Waals surface area contributed by atoms with Crippen LogP contribution in [0.2, 0.25) is 0 Å². The van der Waals surface area contributed by atoms with Crippen molar-refractivity contribution in [2.45, 2.75) is 11.7 Å². The smallest absolute Gasteiger partial charge is 0.0681 e. The molecule has 0 amide bonds. The quantitative estimate of drug-likeness (QED) is 0.571. The molecule has 0 bridgehead atoms. The third-order valence-corrected chi connectivity index (χ3v) is 1.86. The number of hydrogen-bond acceptors (Lipinski definition) is 2. The maximum atomic E-state index is 8.81. The minimum atomic E-state index is -0.187. The summed E-state index contributed by atoms with van der Waals surface area (Å²) >= 11 is 4.38. The average molecular weight is 168 g/mol. The zero-order chi connectivity index (χ0) is 8.32. The second-order valence-corrected chi connectivity index (χ2v) is 3.78. The molecule has 60 valence electrons. The van der Waals surface area contributed by atoms with Gasteiger partial charge in [-0.25, -0.2) is 0 Å². The maximum Gasteiger partial charge on any atom is 0.0681 e. The first kappa shape index (κ1) is 8.62. The van der Waals surface area contributed by atoms with Gasteiger partial charge in [0.25, 0.3) is 0 Å². The van der Waals surface area contributed by atoms with E-state index in [4.69, 9.17) is 5.11 Å². The summed E-state index contributed by atoms with van der Waals surface area (Å²) in [5, 5.41) is 8.81. The highest BCUT2D eigenvalue weighted by molar-refractivity contribution is 7.82. The molecule has 0 aliphatic heterocycles. The Balaban J connectivity index is 2.83. The summed E-state index contributed by atoms with van der Waals surface area (Å²) in [6.07, 6.45) is 9.64. The molecule has 0 aromatic rings. The molecule has 1 N–H and O–H groups in total. The topological polar surface area (TPSA) is 20.2 Å². The van der Waals surface area contributed by atoms with Gasteiger partial charge >= 0.3 is 0 Å². The fraction of sp³-hybridized carbons (Fsp3) is 0.333. The number of thiol groups is 1. The van der Waals surface area contributed by atoms with Crippen molar-refractivity contribution in [3.63, 3.8) is 0 Å². The zero-order valence-corrected chi connectivity index (χ0v) is 7.38. The van der Waals surface area contributed by atoms with Crippen LogP contribution in [0.4, 0.5) is 0 Å². The lowest BCUT2D eigenvalue weighted by Crippen LogP contribution is -2.06. The Kier molecular flexibility index (Phi) is 2.58. The minimum absolute atomic E-state index is 0.0880. The van der Waals surface area contributed by atoms with Crippen LogP contribution >= 0.6 is 12.6 Å². The Bertz CT molecular complexity index is 224. The minimum Gasteiger partial charge on any atom is -0.392 e. The molecule has 0 saturated carbocycles. The number of aliphatic hydroxyl groups is 1. The summed E-state index contributed by atoms with van der Waals surface area (Å²) < 4.78 is -0.187. The van der Waals surface area contributed by atoms with E-state index in [1.165, 1.54) is 0 Å². The maximum absolute atomic E-state index is 8.81. The molecule has 1 nitrogen and oxygen atoms in total. The Hall–Kier alpha value is -0.470. The highest BCUT2D eigenvalue weighted by Crippen LogP contribution is 2.20. The van der Waals surface area contributed by atoms with Crippen LogP contribution in [0, 0.1) is 0 Å². The molecule has 0 saturated heterocycles. The predicted molar refractivity (Wildman–Crippen MR) is 50.8 cm³/mol. The van der Waals surface area contributed by atoms with Crippen molar-refractivity contribution >= 4 is 12.6 Å². The van der Waals surface area contributed by atoms with Crippen molar-refractivity contribution < 1.29 is 5.11 Å². The fourth-order valence-electron chi connectivity index (χ4n) is 0.859. The van der Waals surface area contributed by atoms with Gasteiger partial charge in [-0.2, -0.15) is 12.6 Å². The van der Waals surface area contributed by atoms with Gasteiger partial charge in [0.15, 0.2) is 0 Å². The summed E-state index contributed by atoms with van der Waals surface area (Å²) in [6, 6.07) is 0. The summed E-state index contributed by atoms with van der Waals surface area (Å²) in [5.74, 6) is 0. The van der Waals surface area contributed by atoms with Gasteiger partial charge < -0.3 is 5.11 Å². The van der Waals surface area contributed by atoms with E-state index in [9.17, 15) is 0 Å². The molecule has 0 aromatic heterocycles. The summed E-state index contributed by atoms with van der Waals surface area (Å²) in [6.45, 7) is 2.09. The lowest BCUT2D eigenvalue weighted by atomic mass is 10.1. The van der Waals surface area contributed by atoms with Crippen LogP contribution < -0.4 is 0 Å². The first-order valence-corrected chi connectivity index (χ1v) is 4.00. The van der Waals surface area contributed by atoms with Crippen LogP contribution in [0.1, 0.15) is 6.92 Å². The standard InChI is InChI=1S/C9H12OS/c1-9(11)5-2-3-8(7-10)4-6-9/h2-6,10-11H,7H2,1H3. The van der Waals surface area contributed by atoms with Gasteiger partial charge in [0.05, 0.1) is 6.61 Å². The molecular formula is C9H12OS. The van der Waals surface area contributed by atoms with Gasteiger partial charge in [-0.3, -0.25) is 0 Å². The Morgan fingerprint density at radius 2 is 2.27 bits per heavy atom. The molecule has 1 aliphatic rings. The molecule has 0 radical (unpaired) electrons. The van der Waals surface area contributed by atoms with Crippen LogP contribution in [-0.2, 0) is 0 Å². The van der Waals surface area contributed by atoms with Gasteiger partial charge in [-0.15, -0.1) is 0 Å². The number of rotatable bonds is 1. The van der Waals surface area contributed by atoms with Crippen molar-refractivity contribution in [1.29, 1.82) is 0 Å². The second kappa shape index (κ2) is 3.28. The van der Waals surface area contributed by atoms with E-state index in [1.807, 2.05) is 37.3 Å². The van der Waals surface area contributed by atoms with E-state index in [1.54, 1.807) is 0 Å². The van der Waals surface area contributed by atoms with Crippen LogP contribution in [0.5, 0.6) is 0 Å². The average Bonchev–Trinajstić information content (AvgIpc) is 2.10. The molecule has 0 heterocycles. The van der Waals surface area contributed by atoms with Crippen LogP contribution in [-0.4, -0.2) is 16.5 Å². The lowest BCUT2D eigenvalue weighted by molar-refractivity contribution is 0.335. The summed E-state index contributed by atoms with van der Waals surface area (Å²) in [7, 11) is 0. The summed E-state index contributed by atoms with van der Waals surface area (Å²) in [4.78, 5) is 0. The third-order valence-electron chi connectivity index (χ3n) is 1.56. The first-order chi connectivity index (χ1) is 5.14. The third kappa shape index (κ3) is 2.56. The van der Waals surface area contributed by atoms with Crippen molar-refractivity contribution in [2.24, 2.45) is 0 Å². The highest BCUT2D eigenvalue weighted by atomic mass is 32.1. The largest absolute Gasteiger partial charge is 0.392 e. The molecule has 0 aromatic carbocycles. The van der Waals surface area contributed by atoms with Gasteiger partial charge in [0.1, 0.15) is 0 Å². The second-order valence-electron chi connectivity index (χ2n) is 2.82. The van der Waals surface area contributed by atoms with Crippen molar-refractivity contribution in [3.05, 3.63) is 36.0 Å². The van der Waals surface area contributed by atoms with Gasteiger partial charge in [-0.1, -0.05) is 30.4 Å². The van der Waals surface area contributed by atoms with Gasteiger partial charge in [-0.05, 0) is 12.5 Å². The van der Waals surface area contributed by atoms with E-state index in [0.29, 0.717) is 0 Å². The Morgan fingerprint density at radius 1 is 1.55 bits per heavy atom. The fourth-order valence-corrected chi connectivity index (χ4v) is 1.02. The van der Waals surface area contributed by atoms with E-state index >= 15 is 0 Å². The van der Waals surface area contributed by atoms with Crippen molar-refractivity contribution in [3.8, 4) is 0 Å². The molecule has 1 aliphatic carbocycles. The van der Waals surface area contributed by atoms with Crippen LogP contribution in [0.15, 0.2) is 36.0 Å². The molecule has 0 spiro atoms. The molecular weight excluding hydrogens is 156 g/mol. The molecule has 0 fully saturated rings. The molecule has 1 atom stereocenters. The molecule has 1 unspecified atom stereocenters. The number of aliphatic hydroxyl groups excluding tert-OH is 1. The lowest BCUT2D eigenvalue weighted by Gasteiger charge is -2.11. The zero-order valence-electron chi connectivity index (χ0n) is 6.49. The highest BCUT2D eigenvalue weighted by Gasteiger charge is 2.10. The summed E-state index contributed by atoms with van der Waals surface area (Å²) in [5.41, 5.74) is 0.916. The normalized spacial score (nSPS) is 29.9. The molecule has 1 rings (SSSR count). The molecule has 11 heavy (non-hydrogen) atoms. The SMILES string of the molecule is CC1(S)C=CC=C(CO)C=C1.